The fraction of sp³-hybridized carbons (Fsp3) is 0.556. The van der Waals surface area contributed by atoms with Gasteiger partial charge in [0.2, 0.25) is 10.0 Å². The molecule has 1 saturated heterocycles. The number of aromatic nitrogens is 1. The molecule has 3 N–H and O–H groups in total. The normalized spacial score (nSPS) is 22.4. The molecular weight excluding hydrogens is 492 g/mol. The van der Waals surface area contributed by atoms with Gasteiger partial charge in [0.1, 0.15) is 11.4 Å². The Morgan fingerprint density at radius 2 is 1.86 bits per heavy atom. The van der Waals surface area contributed by atoms with Gasteiger partial charge in [0.15, 0.2) is 0 Å². The first-order valence-electron chi connectivity index (χ1n) is 13.3. The highest BCUT2D eigenvalue weighted by atomic mass is 32.2. The summed E-state index contributed by atoms with van der Waals surface area (Å²) in [5, 5.41) is 24.1. The third-order valence-corrected chi connectivity index (χ3v) is 9.60. The Hall–Kier alpha value is -2.53. The van der Waals surface area contributed by atoms with Crippen LogP contribution in [-0.4, -0.2) is 70.6 Å². The minimum Gasteiger partial charge on any atom is -0.394 e. The number of hydrogen-bond donors (Lipinski definition) is 3. The predicted molar refractivity (Wildman–Crippen MR) is 143 cm³/mol. The SMILES string of the molecule is O=C1NC(C2CCCCCC2)=NC12CCN(S(=O)(=O)/C=C/c1cccc3c1ccn3C[C@H](O)CO)CC2. The van der Waals surface area contributed by atoms with E-state index in [9.17, 15) is 18.3 Å². The van der Waals surface area contributed by atoms with Crippen LogP contribution in [0.15, 0.2) is 40.9 Å². The van der Waals surface area contributed by atoms with Crippen molar-refractivity contribution in [2.24, 2.45) is 10.9 Å². The van der Waals surface area contributed by atoms with Crippen LogP contribution in [0.3, 0.4) is 0 Å². The van der Waals surface area contributed by atoms with Gasteiger partial charge in [-0.05, 0) is 49.5 Å². The van der Waals surface area contributed by atoms with Gasteiger partial charge in [0.05, 0.1) is 19.3 Å². The number of aliphatic hydroxyl groups excluding tert-OH is 2. The van der Waals surface area contributed by atoms with Crippen molar-refractivity contribution < 1.29 is 23.4 Å². The van der Waals surface area contributed by atoms with E-state index in [0.717, 1.165) is 48.0 Å². The van der Waals surface area contributed by atoms with E-state index in [0.29, 0.717) is 18.8 Å². The molecule has 0 unspecified atom stereocenters. The number of nitrogens with zero attached hydrogens (tertiary/aromatic N) is 3. The number of benzene rings is 1. The molecule has 1 aliphatic carbocycles. The van der Waals surface area contributed by atoms with Gasteiger partial charge in [-0.25, -0.2) is 8.42 Å². The molecule has 37 heavy (non-hydrogen) atoms. The molecule has 5 rings (SSSR count). The van der Waals surface area contributed by atoms with Gasteiger partial charge in [0, 0.05) is 41.5 Å². The van der Waals surface area contributed by atoms with Crippen LogP contribution in [-0.2, 0) is 21.4 Å². The Balaban J connectivity index is 1.27. The van der Waals surface area contributed by atoms with Crippen LogP contribution in [0, 0.1) is 5.92 Å². The lowest BCUT2D eigenvalue weighted by atomic mass is 9.89. The van der Waals surface area contributed by atoms with Crippen molar-refractivity contribution in [1.29, 1.82) is 0 Å². The van der Waals surface area contributed by atoms with Crippen molar-refractivity contribution in [2.75, 3.05) is 19.7 Å². The fourth-order valence-corrected chi connectivity index (χ4v) is 7.00. The van der Waals surface area contributed by atoms with Gasteiger partial charge in [-0.3, -0.25) is 9.79 Å². The molecule has 2 fully saturated rings. The Labute approximate surface area is 217 Å². The molecule has 1 amide bonds. The summed E-state index contributed by atoms with van der Waals surface area (Å²) in [6.07, 6.45) is 10.2. The van der Waals surface area contributed by atoms with Crippen molar-refractivity contribution in [3.63, 3.8) is 0 Å². The monoisotopic (exact) mass is 528 g/mol. The van der Waals surface area contributed by atoms with E-state index in [2.05, 4.69) is 5.32 Å². The molecule has 3 aliphatic rings. The van der Waals surface area contributed by atoms with Crippen molar-refractivity contribution in [3.05, 3.63) is 41.4 Å². The van der Waals surface area contributed by atoms with Gasteiger partial charge in [0.25, 0.3) is 5.91 Å². The summed E-state index contributed by atoms with van der Waals surface area (Å²) >= 11 is 0. The van der Waals surface area contributed by atoms with Crippen LogP contribution in [0.5, 0.6) is 0 Å². The van der Waals surface area contributed by atoms with Crippen molar-refractivity contribution in [2.45, 2.75) is 69.6 Å². The number of aliphatic imine (C=N–C) groups is 1. The summed E-state index contributed by atoms with van der Waals surface area (Å²) in [4.78, 5) is 17.8. The number of rotatable bonds is 7. The minimum atomic E-state index is -3.68. The second-order valence-corrected chi connectivity index (χ2v) is 12.3. The largest absolute Gasteiger partial charge is 0.394 e. The molecule has 1 spiro atoms. The van der Waals surface area contributed by atoms with Gasteiger partial charge in [-0.2, -0.15) is 4.31 Å². The summed E-state index contributed by atoms with van der Waals surface area (Å²) in [5.41, 5.74) is 0.756. The molecule has 0 radical (unpaired) electrons. The van der Waals surface area contributed by atoms with Crippen LogP contribution >= 0.6 is 0 Å². The highest BCUT2D eigenvalue weighted by molar-refractivity contribution is 7.92. The molecule has 1 aromatic heterocycles. The van der Waals surface area contributed by atoms with Crippen LogP contribution in [0.2, 0.25) is 0 Å². The lowest BCUT2D eigenvalue weighted by Crippen LogP contribution is -2.50. The second kappa shape index (κ2) is 10.7. The Bertz CT molecular complexity index is 1300. The maximum absolute atomic E-state index is 13.2. The Kier molecular flexibility index (Phi) is 7.53. The number of aliphatic hydroxyl groups is 2. The zero-order valence-electron chi connectivity index (χ0n) is 21.1. The van der Waals surface area contributed by atoms with E-state index in [1.807, 2.05) is 35.0 Å². The number of piperidine rings is 1. The summed E-state index contributed by atoms with van der Waals surface area (Å²) in [7, 11) is -3.68. The number of carbonyl (C=O) groups is 1. The van der Waals surface area contributed by atoms with Gasteiger partial charge >= 0.3 is 0 Å². The van der Waals surface area contributed by atoms with Crippen molar-refractivity contribution >= 4 is 38.7 Å². The molecule has 3 heterocycles. The quantitative estimate of drug-likeness (QED) is 0.477. The number of nitrogens with one attached hydrogen (secondary N) is 1. The summed E-state index contributed by atoms with van der Waals surface area (Å²) in [5.74, 6) is 1.04. The number of sulfonamides is 1. The van der Waals surface area contributed by atoms with Gasteiger partial charge < -0.3 is 20.1 Å². The number of carbonyl (C=O) groups excluding carboxylic acids is 1. The molecule has 9 nitrogen and oxygen atoms in total. The van der Waals surface area contributed by atoms with E-state index in [1.54, 1.807) is 6.08 Å². The first-order valence-corrected chi connectivity index (χ1v) is 14.8. The smallest absolute Gasteiger partial charge is 0.253 e. The van der Waals surface area contributed by atoms with Gasteiger partial charge in [-0.15, -0.1) is 0 Å². The molecule has 0 bridgehead atoms. The third kappa shape index (κ3) is 5.38. The molecule has 2 aromatic rings. The van der Waals surface area contributed by atoms with Crippen LogP contribution in [0.1, 0.15) is 56.9 Å². The summed E-state index contributed by atoms with van der Waals surface area (Å²) in [6, 6.07) is 7.45. The third-order valence-electron chi connectivity index (χ3n) is 8.04. The topological polar surface area (TPSA) is 124 Å². The number of amidine groups is 1. The van der Waals surface area contributed by atoms with Crippen molar-refractivity contribution in [1.82, 2.24) is 14.2 Å². The standard InChI is InChI=1S/C27H36N4O5S/c32-19-22(33)18-30-14-10-23-20(8-5-9-24(23)30)11-17-37(35,36)31-15-12-27(13-16-31)26(34)28-25(29-27)21-6-3-1-2-4-7-21/h5,8-11,14,17,21-22,32-33H,1-4,6-7,12-13,15-16,18-19H2,(H,28,29,34)/b17-11+/t22-/m0/s1. The van der Waals surface area contributed by atoms with E-state index < -0.39 is 21.7 Å². The van der Waals surface area contributed by atoms with Gasteiger partial charge in [-0.1, -0.05) is 37.8 Å². The van der Waals surface area contributed by atoms with E-state index >= 15 is 0 Å². The van der Waals surface area contributed by atoms with E-state index in [1.165, 1.54) is 22.6 Å². The zero-order valence-corrected chi connectivity index (χ0v) is 21.9. The molecule has 1 atom stereocenters. The average molecular weight is 529 g/mol. The Morgan fingerprint density at radius 1 is 1.14 bits per heavy atom. The van der Waals surface area contributed by atoms with E-state index in [4.69, 9.17) is 10.1 Å². The van der Waals surface area contributed by atoms with Crippen molar-refractivity contribution in [3.8, 4) is 0 Å². The average Bonchev–Trinajstić information content (AvgIpc) is 3.30. The number of fused-ring (bicyclic) bond motifs is 1. The number of amides is 1. The minimum absolute atomic E-state index is 0.0816. The lowest BCUT2D eigenvalue weighted by molar-refractivity contribution is -0.124. The molecular formula is C27H36N4O5S. The first-order chi connectivity index (χ1) is 17.8. The maximum atomic E-state index is 13.2. The second-order valence-electron chi connectivity index (χ2n) is 10.5. The van der Waals surface area contributed by atoms with Crippen LogP contribution in [0.25, 0.3) is 17.0 Å². The van der Waals surface area contributed by atoms with Crippen LogP contribution < -0.4 is 5.32 Å². The summed E-state index contributed by atoms with van der Waals surface area (Å²) in [6.45, 7) is 0.422. The lowest BCUT2D eigenvalue weighted by Gasteiger charge is -2.34. The molecule has 1 saturated carbocycles. The Morgan fingerprint density at radius 3 is 2.57 bits per heavy atom. The zero-order chi connectivity index (χ0) is 26.0. The molecule has 10 heteroatoms. The van der Waals surface area contributed by atoms with Crippen LogP contribution in [0.4, 0.5) is 0 Å². The first kappa shape index (κ1) is 26.1. The number of hydrogen-bond acceptors (Lipinski definition) is 6. The highest BCUT2D eigenvalue weighted by Crippen LogP contribution is 2.34. The molecule has 200 valence electrons. The predicted octanol–water partition coefficient (Wildman–Crippen LogP) is 2.63. The maximum Gasteiger partial charge on any atom is 0.253 e. The molecule has 2 aliphatic heterocycles. The highest BCUT2D eigenvalue weighted by Gasteiger charge is 2.48. The molecule has 1 aromatic carbocycles. The summed E-state index contributed by atoms with van der Waals surface area (Å²) < 4.78 is 29.6. The fourth-order valence-electron chi connectivity index (χ4n) is 5.82. The van der Waals surface area contributed by atoms with E-state index in [-0.39, 0.29) is 32.1 Å².